The molecule has 2 unspecified atom stereocenters. The van der Waals surface area contributed by atoms with Crippen molar-refractivity contribution in [2.24, 2.45) is 0 Å². The molecule has 9 nitrogen and oxygen atoms in total. The van der Waals surface area contributed by atoms with Crippen molar-refractivity contribution in [1.82, 2.24) is 0 Å². The van der Waals surface area contributed by atoms with Gasteiger partial charge < -0.3 is 24.8 Å². The van der Waals surface area contributed by atoms with Crippen LogP contribution in [0, 0.1) is 0 Å². The summed E-state index contributed by atoms with van der Waals surface area (Å²) in [7, 11) is 0. The first-order chi connectivity index (χ1) is 13.1. The molecule has 1 rings (SSSR count). The maximum absolute atomic E-state index is 10.9. The monoisotopic (exact) mass is 394 g/mol. The van der Waals surface area contributed by atoms with Crippen LogP contribution >= 0.6 is 0 Å². The van der Waals surface area contributed by atoms with E-state index in [1.165, 1.54) is 31.2 Å². The summed E-state index contributed by atoms with van der Waals surface area (Å²) in [5, 5.41) is 26.4. The quantitative estimate of drug-likeness (QED) is 0.420. The summed E-state index contributed by atoms with van der Waals surface area (Å²) in [4.78, 5) is 42.5. The van der Waals surface area contributed by atoms with Crippen molar-refractivity contribution in [2.75, 3.05) is 6.61 Å². The number of benzene rings is 1. The molecule has 0 saturated carbocycles. The van der Waals surface area contributed by atoms with Gasteiger partial charge in [-0.3, -0.25) is 0 Å². The van der Waals surface area contributed by atoms with E-state index in [9.17, 15) is 24.3 Å². The zero-order chi connectivity index (χ0) is 21.7. The Morgan fingerprint density at radius 2 is 1.46 bits per heavy atom. The first-order valence-corrected chi connectivity index (χ1v) is 7.99. The summed E-state index contributed by atoms with van der Waals surface area (Å²) in [6.07, 6.45) is 0.698. The van der Waals surface area contributed by atoms with Crippen molar-refractivity contribution >= 4 is 23.9 Å². The van der Waals surface area contributed by atoms with E-state index in [0.717, 1.165) is 12.2 Å². The molecule has 3 N–H and O–H groups in total. The minimum Gasteiger partial charge on any atom is -0.478 e. The van der Waals surface area contributed by atoms with Gasteiger partial charge in [0, 0.05) is 18.6 Å². The van der Waals surface area contributed by atoms with Gasteiger partial charge in [-0.25, -0.2) is 19.2 Å². The summed E-state index contributed by atoms with van der Waals surface area (Å²) in [6, 6.07) is 5.48. The van der Waals surface area contributed by atoms with Crippen molar-refractivity contribution in [2.45, 2.75) is 25.6 Å². The summed E-state index contributed by atoms with van der Waals surface area (Å²) in [5.74, 6) is -3.64. The van der Waals surface area contributed by atoms with Gasteiger partial charge in [0.1, 0.15) is 6.10 Å². The molecule has 0 aliphatic heterocycles. The molecule has 0 spiro atoms. The molecule has 2 atom stereocenters. The van der Waals surface area contributed by atoms with Gasteiger partial charge in [-0.2, -0.15) is 0 Å². The summed E-state index contributed by atoms with van der Waals surface area (Å²) < 4.78 is 9.55. The Hall–Kier alpha value is -3.46. The third-order valence-corrected chi connectivity index (χ3v) is 3.17. The van der Waals surface area contributed by atoms with E-state index < -0.39 is 36.1 Å². The number of carbonyl (C=O) groups excluding carboxylic acids is 2. The maximum Gasteiger partial charge on any atom is 0.336 e. The molecule has 0 heterocycles. The third-order valence-electron chi connectivity index (χ3n) is 3.17. The molecular formula is C19H22O9. The first-order valence-electron chi connectivity index (χ1n) is 7.99. The van der Waals surface area contributed by atoms with Gasteiger partial charge in [0.15, 0.2) is 0 Å². The molecule has 0 fully saturated rings. The number of aliphatic hydroxyl groups excluding tert-OH is 1. The van der Waals surface area contributed by atoms with Gasteiger partial charge in [-0.15, -0.1) is 0 Å². The summed E-state index contributed by atoms with van der Waals surface area (Å²) >= 11 is 0. The number of carboxylic acids is 2. The fourth-order valence-electron chi connectivity index (χ4n) is 1.79. The fraction of sp³-hybridized carbons (Fsp3) is 0.263. The van der Waals surface area contributed by atoms with Crippen molar-refractivity contribution in [1.29, 1.82) is 0 Å². The standard InChI is InChI=1S/C11H16O5.C8H6O4/c1-4-10(13)15-7-6-9(8(3)12)16-11(14)5-2;9-7(10)5-3-1-2-4-6(5)8(11)12/h4-5,8-9,12H,1-2,6-7H2,3H3;1-4H,(H,9,10)(H,11,12). The zero-order valence-electron chi connectivity index (χ0n) is 15.2. The molecule has 0 amide bonds. The Bertz CT molecular complexity index is 689. The third kappa shape index (κ3) is 9.30. The number of esters is 2. The smallest absolute Gasteiger partial charge is 0.336 e. The van der Waals surface area contributed by atoms with Crippen LogP contribution in [0.2, 0.25) is 0 Å². The van der Waals surface area contributed by atoms with Gasteiger partial charge in [-0.1, -0.05) is 25.3 Å². The summed E-state index contributed by atoms with van der Waals surface area (Å²) in [5.41, 5.74) is -0.380. The minimum absolute atomic E-state index is 0.0465. The number of ether oxygens (including phenoxy) is 2. The number of carbonyl (C=O) groups is 4. The van der Waals surface area contributed by atoms with Gasteiger partial charge in [0.25, 0.3) is 0 Å². The molecular weight excluding hydrogens is 372 g/mol. The van der Waals surface area contributed by atoms with Crippen LogP contribution in [0.3, 0.4) is 0 Å². The topological polar surface area (TPSA) is 147 Å². The second-order valence-corrected chi connectivity index (χ2v) is 5.24. The number of rotatable bonds is 9. The van der Waals surface area contributed by atoms with E-state index in [2.05, 4.69) is 13.2 Å². The SMILES string of the molecule is C=CC(=O)OCCC(OC(=O)C=C)C(C)O.O=C(O)c1ccccc1C(=O)O. The number of aliphatic hydroxyl groups is 1. The molecule has 0 aliphatic rings. The average Bonchev–Trinajstić information content (AvgIpc) is 2.66. The number of carboxylic acid groups (broad SMARTS) is 2. The number of hydrogen-bond acceptors (Lipinski definition) is 7. The molecule has 0 radical (unpaired) electrons. The van der Waals surface area contributed by atoms with Crippen LogP contribution in [0.15, 0.2) is 49.6 Å². The molecule has 28 heavy (non-hydrogen) atoms. The van der Waals surface area contributed by atoms with E-state index in [1.807, 2.05) is 0 Å². The summed E-state index contributed by atoms with van der Waals surface area (Å²) in [6.45, 7) is 8.00. The van der Waals surface area contributed by atoms with Crippen molar-refractivity contribution < 1.29 is 44.0 Å². The molecule has 0 aromatic heterocycles. The Labute approximate surface area is 161 Å². The van der Waals surface area contributed by atoms with Crippen LogP contribution in [0.5, 0.6) is 0 Å². The lowest BCUT2D eigenvalue weighted by Gasteiger charge is -2.19. The van der Waals surface area contributed by atoms with Crippen molar-refractivity contribution in [3.8, 4) is 0 Å². The van der Waals surface area contributed by atoms with E-state index in [-0.39, 0.29) is 24.2 Å². The van der Waals surface area contributed by atoms with Gasteiger partial charge in [0.05, 0.1) is 23.8 Å². The molecule has 1 aromatic rings. The zero-order valence-corrected chi connectivity index (χ0v) is 15.2. The number of aromatic carboxylic acids is 2. The molecule has 0 aliphatic carbocycles. The van der Waals surface area contributed by atoms with Crippen LogP contribution < -0.4 is 0 Å². The predicted octanol–water partition coefficient (Wildman–Crippen LogP) is 1.67. The molecule has 1 aromatic carbocycles. The molecule has 0 saturated heterocycles. The molecule has 152 valence electrons. The Morgan fingerprint density at radius 1 is 1.00 bits per heavy atom. The normalized spacial score (nSPS) is 11.6. The van der Waals surface area contributed by atoms with Crippen LogP contribution in [0.4, 0.5) is 0 Å². The second-order valence-electron chi connectivity index (χ2n) is 5.24. The van der Waals surface area contributed by atoms with Gasteiger partial charge >= 0.3 is 23.9 Å². The second kappa shape index (κ2) is 12.8. The fourth-order valence-corrected chi connectivity index (χ4v) is 1.79. The Kier molecular flexibility index (Phi) is 11.2. The van der Waals surface area contributed by atoms with Gasteiger partial charge in [-0.05, 0) is 19.1 Å². The highest BCUT2D eigenvalue weighted by Gasteiger charge is 2.19. The van der Waals surface area contributed by atoms with Crippen LogP contribution in [0.1, 0.15) is 34.1 Å². The lowest BCUT2D eigenvalue weighted by Crippen LogP contribution is -2.30. The van der Waals surface area contributed by atoms with Crippen molar-refractivity contribution in [3.63, 3.8) is 0 Å². The maximum atomic E-state index is 10.9. The van der Waals surface area contributed by atoms with E-state index >= 15 is 0 Å². The van der Waals surface area contributed by atoms with E-state index in [1.54, 1.807) is 0 Å². The van der Waals surface area contributed by atoms with Crippen LogP contribution in [0.25, 0.3) is 0 Å². The van der Waals surface area contributed by atoms with Crippen LogP contribution in [-0.4, -0.2) is 58.0 Å². The van der Waals surface area contributed by atoms with E-state index in [0.29, 0.717) is 0 Å². The van der Waals surface area contributed by atoms with Crippen LogP contribution in [-0.2, 0) is 19.1 Å². The Balaban J connectivity index is 0.000000540. The lowest BCUT2D eigenvalue weighted by molar-refractivity contribution is -0.150. The highest BCUT2D eigenvalue weighted by atomic mass is 16.6. The Morgan fingerprint density at radius 3 is 1.82 bits per heavy atom. The highest BCUT2D eigenvalue weighted by molar-refractivity contribution is 6.01. The van der Waals surface area contributed by atoms with Crippen molar-refractivity contribution in [3.05, 3.63) is 60.7 Å². The first kappa shape index (κ1) is 24.5. The van der Waals surface area contributed by atoms with E-state index in [4.69, 9.17) is 19.7 Å². The lowest BCUT2D eigenvalue weighted by atomic mass is 10.1. The molecule has 0 bridgehead atoms. The number of hydrogen-bond donors (Lipinski definition) is 3. The largest absolute Gasteiger partial charge is 0.478 e. The van der Waals surface area contributed by atoms with Gasteiger partial charge in [0.2, 0.25) is 0 Å². The predicted molar refractivity (Wildman–Crippen MR) is 97.9 cm³/mol. The molecule has 9 heteroatoms. The average molecular weight is 394 g/mol. The highest BCUT2D eigenvalue weighted by Crippen LogP contribution is 2.08. The minimum atomic E-state index is -1.23.